The van der Waals surface area contributed by atoms with Gasteiger partial charge >= 0.3 is 0 Å². The molecule has 1 amide bonds. The van der Waals surface area contributed by atoms with E-state index < -0.39 is 0 Å². The van der Waals surface area contributed by atoms with Crippen LogP contribution in [0.15, 0.2) is 36.5 Å². The van der Waals surface area contributed by atoms with Crippen molar-refractivity contribution >= 4 is 11.6 Å². The van der Waals surface area contributed by atoms with Crippen molar-refractivity contribution in [2.24, 2.45) is 5.73 Å². The SMILES string of the molecule is CCn1cccc1C(=O)Nc1ccc(C)cc1C#CCN. The number of hydrogen-bond acceptors (Lipinski definition) is 2. The van der Waals surface area contributed by atoms with Crippen LogP contribution in [0.2, 0.25) is 0 Å². The molecule has 0 atom stereocenters. The van der Waals surface area contributed by atoms with Gasteiger partial charge in [-0.3, -0.25) is 4.79 Å². The zero-order chi connectivity index (χ0) is 15.2. The minimum absolute atomic E-state index is 0.137. The predicted octanol–water partition coefficient (Wildman–Crippen LogP) is 2.38. The maximum Gasteiger partial charge on any atom is 0.272 e. The lowest BCUT2D eigenvalue weighted by molar-refractivity contribution is 0.101. The van der Waals surface area contributed by atoms with Gasteiger partial charge in [0, 0.05) is 18.3 Å². The summed E-state index contributed by atoms with van der Waals surface area (Å²) >= 11 is 0. The smallest absolute Gasteiger partial charge is 0.272 e. The lowest BCUT2D eigenvalue weighted by Crippen LogP contribution is -2.17. The summed E-state index contributed by atoms with van der Waals surface area (Å²) in [6.07, 6.45) is 1.89. The van der Waals surface area contributed by atoms with E-state index in [1.807, 2.05) is 48.9 Å². The molecular weight excluding hydrogens is 262 g/mol. The summed E-state index contributed by atoms with van der Waals surface area (Å²) < 4.78 is 1.90. The van der Waals surface area contributed by atoms with E-state index >= 15 is 0 Å². The second-order valence-electron chi connectivity index (χ2n) is 4.69. The Bertz CT molecular complexity index is 704. The largest absolute Gasteiger partial charge is 0.344 e. The third-order valence-corrected chi connectivity index (χ3v) is 3.15. The first-order valence-electron chi connectivity index (χ1n) is 6.91. The maximum atomic E-state index is 12.4. The molecule has 1 heterocycles. The van der Waals surface area contributed by atoms with Crippen LogP contribution in [0.25, 0.3) is 0 Å². The fourth-order valence-corrected chi connectivity index (χ4v) is 2.10. The molecule has 3 N–H and O–H groups in total. The number of nitrogens with zero attached hydrogens (tertiary/aromatic N) is 1. The Labute approximate surface area is 125 Å². The van der Waals surface area contributed by atoms with Gasteiger partial charge in [0.1, 0.15) is 5.69 Å². The molecule has 108 valence electrons. The molecule has 0 saturated heterocycles. The minimum Gasteiger partial charge on any atom is -0.344 e. The highest BCUT2D eigenvalue weighted by molar-refractivity contribution is 6.03. The second-order valence-corrected chi connectivity index (χ2v) is 4.69. The van der Waals surface area contributed by atoms with Crippen LogP contribution in [-0.4, -0.2) is 17.0 Å². The van der Waals surface area contributed by atoms with Crippen LogP contribution in [0.4, 0.5) is 5.69 Å². The molecule has 0 aliphatic rings. The number of aromatic nitrogens is 1. The summed E-state index contributed by atoms with van der Waals surface area (Å²) in [7, 11) is 0. The van der Waals surface area contributed by atoms with Crippen molar-refractivity contribution in [3.63, 3.8) is 0 Å². The van der Waals surface area contributed by atoms with Crippen molar-refractivity contribution in [3.05, 3.63) is 53.3 Å². The van der Waals surface area contributed by atoms with E-state index in [1.54, 1.807) is 6.07 Å². The summed E-state index contributed by atoms with van der Waals surface area (Å²) in [6.45, 7) is 5.03. The number of hydrogen-bond donors (Lipinski definition) is 2. The van der Waals surface area contributed by atoms with Crippen molar-refractivity contribution in [3.8, 4) is 11.8 Å². The van der Waals surface area contributed by atoms with Gasteiger partial charge in [-0.25, -0.2) is 0 Å². The monoisotopic (exact) mass is 281 g/mol. The molecule has 1 aromatic carbocycles. The summed E-state index contributed by atoms with van der Waals surface area (Å²) in [5, 5.41) is 2.92. The molecule has 2 aromatic rings. The van der Waals surface area contributed by atoms with Gasteiger partial charge in [0.05, 0.1) is 12.2 Å². The summed E-state index contributed by atoms with van der Waals surface area (Å²) in [4.78, 5) is 12.4. The molecule has 0 unspecified atom stereocenters. The van der Waals surface area contributed by atoms with Crippen molar-refractivity contribution < 1.29 is 4.79 Å². The van der Waals surface area contributed by atoms with Gasteiger partial charge in [-0.05, 0) is 43.7 Å². The van der Waals surface area contributed by atoms with Crippen LogP contribution in [0, 0.1) is 18.8 Å². The van der Waals surface area contributed by atoms with Gasteiger partial charge in [-0.2, -0.15) is 0 Å². The molecule has 0 aliphatic carbocycles. The molecule has 0 aliphatic heterocycles. The van der Waals surface area contributed by atoms with E-state index in [-0.39, 0.29) is 5.91 Å². The predicted molar refractivity (Wildman–Crippen MR) is 85.2 cm³/mol. The topological polar surface area (TPSA) is 60.0 Å². The fourth-order valence-electron chi connectivity index (χ4n) is 2.10. The lowest BCUT2D eigenvalue weighted by atomic mass is 10.1. The van der Waals surface area contributed by atoms with Gasteiger partial charge in [-0.15, -0.1) is 0 Å². The van der Waals surface area contributed by atoms with Crippen LogP contribution < -0.4 is 11.1 Å². The Kier molecular flexibility index (Phi) is 4.81. The van der Waals surface area contributed by atoms with Crippen molar-refractivity contribution in [2.75, 3.05) is 11.9 Å². The Morgan fingerprint density at radius 3 is 2.90 bits per heavy atom. The van der Waals surface area contributed by atoms with Crippen LogP contribution in [-0.2, 0) is 6.54 Å². The Morgan fingerprint density at radius 1 is 1.38 bits per heavy atom. The Hall–Kier alpha value is -2.51. The number of anilines is 1. The van der Waals surface area contributed by atoms with Crippen molar-refractivity contribution in [1.29, 1.82) is 0 Å². The highest BCUT2D eigenvalue weighted by Crippen LogP contribution is 2.17. The first-order valence-corrected chi connectivity index (χ1v) is 6.91. The average Bonchev–Trinajstić information content (AvgIpc) is 2.96. The van der Waals surface area contributed by atoms with E-state index in [4.69, 9.17) is 5.73 Å². The van der Waals surface area contributed by atoms with E-state index in [9.17, 15) is 4.79 Å². The van der Waals surface area contributed by atoms with Crippen LogP contribution in [0.5, 0.6) is 0 Å². The summed E-state index contributed by atoms with van der Waals surface area (Å²) in [6, 6.07) is 9.42. The van der Waals surface area contributed by atoms with Gasteiger partial charge in [0.2, 0.25) is 0 Å². The summed E-state index contributed by atoms with van der Waals surface area (Å²) in [5.74, 6) is 5.68. The molecule has 0 spiro atoms. The number of carbonyl (C=O) groups excluding carboxylic acids is 1. The van der Waals surface area contributed by atoms with Gasteiger partial charge in [0.15, 0.2) is 0 Å². The molecule has 1 aromatic heterocycles. The number of nitrogens with one attached hydrogen (secondary N) is 1. The maximum absolute atomic E-state index is 12.4. The van der Waals surface area contributed by atoms with Gasteiger partial charge in [0.25, 0.3) is 5.91 Å². The zero-order valence-electron chi connectivity index (χ0n) is 12.3. The molecule has 0 radical (unpaired) electrons. The lowest BCUT2D eigenvalue weighted by Gasteiger charge is -2.10. The Morgan fingerprint density at radius 2 is 2.19 bits per heavy atom. The highest BCUT2D eigenvalue weighted by Gasteiger charge is 2.11. The molecule has 0 fully saturated rings. The standard InChI is InChI=1S/C17H19N3O/c1-3-20-11-5-7-16(20)17(21)19-15-9-8-13(2)12-14(15)6-4-10-18/h5,7-9,11-12H,3,10,18H2,1-2H3,(H,19,21). The van der Waals surface area contributed by atoms with Crippen LogP contribution in [0.3, 0.4) is 0 Å². The first-order chi connectivity index (χ1) is 10.2. The normalized spacial score (nSPS) is 9.86. The fraction of sp³-hybridized carbons (Fsp3) is 0.235. The minimum atomic E-state index is -0.137. The molecule has 0 bridgehead atoms. The number of benzene rings is 1. The van der Waals surface area contributed by atoms with E-state index in [0.29, 0.717) is 17.9 Å². The molecule has 4 heteroatoms. The number of aryl methyl sites for hydroxylation is 2. The van der Waals surface area contributed by atoms with Crippen molar-refractivity contribution in [1.82, 2.24) is 4.57 Å². The average molecular weight is 281 g/mol. The number of nitrogens with two attached hydrogens (primary N) is 1. The third kappa shape index (κ3) is 3.53. The first kappa shape index (κ1) is 14.9. The van der Waals surface area contributed by atoms with Crippen molar-refractivity contribution in [2.45, 2.75) is 20.4 Å². The Balaban J connectivity index is 2.29. The molecule has 21 heavy (non-hydrogen) atoms. The number of carbonyl (C=O) groups is 1. The number of rotatable bonds is 3. The van der Waals surface area contributed by atoms with Gasteiger partial charge in [-0.1, -0.05) is 17.9 Å². The quantitative estimate of drug-likeness (QED) is 0.849. The van der Waals surface area contributed by atoms with Crippen LogP contribution in [0.1, 0.15) is 28.5 Å². The van der Waals surface area contributed by atoms with E-state index in [2.05, 4.69) is 17.2 Å². The van der Waals surface area contributed by atoms with E-state index in [1.165, 1.54) is 0 Å². The summed E-state index contributed by atoms with van der Waals surface area (Å²) in [5.41, 5.74) is 8.63. The highest BCUT2D eigenvalue weighted by atomic mass is 16.1. The molecule has 2 rings (SSSR count). The number of amides is 1. The van der Waals surface area contributed by atoms with Gasteiger partial charge < -0.3 is 15.6 Å². The molecule has 4 nitrogen and oxygen atoms in total. The zero-order valence-corrected chi connectivity index (χ0v) is 12.3. The molecule has 0 saturated carbocycles. The third-order valence-electron chi connectivity index (χ3n) is 3.15. The second kappa shape index (κ2) is 6.78. The van der Waals surface area contributed by atoms with Crippen LogP contribution >= 0.6 is 0 Å². The molecular formula is C17H19N3O. The van der Waals surface area contributed by atoms with E-state index in [0.717, 1.165) is 17.7 Å².